The minimum Gasteiger partial charge on any atom is -0.379 e. The fourth-order valence-corrected chi connectivity index (χ4v) is 4.20. The molecule has 0 N–H and O–H groups in total. The maximum absolute atomic E-state index is 12.3. The van der Waals surface area contributed by atoms with Crippen molar-refractivity contribution < 1.29 is 14.3 Å². The van der Waals surface area contributed by atoms with Gasteiger partial charge in [0.05, 0.1) is 26.2 Å². The summed E-state index contributed by atoms with van der Waals surface area (Å²) < 4.78 is 10.7. The van der Waals surface area contributed by atoms with Gasteiger partial charge < -0.3 is 19.3 Å². The molecule has 5 heteroatoms. The van der Waals surface area contributed by atoms with Crippen molar-refractivity contribution in [2.75, 3.05) is 59.2 Å². The van der Waals surface area contributed by atoms with Crippen LogP contribution < -0.4 is 0 Å². The number of carbonyl (C=O) groups is 1. The fourth-order valence-electron chi connectivity index (χ4n) is 4.20. The largest absolute Gasteiger partial charge is 0.379 e. The smallest absolute Gasteiger partial charge is 0.224 e. The standard InChI is InChI=1S/C20H38N2O3/c1-4-24-13-14-25-12-8-20(23)22-11-7-19(16-22)18-5-9-21(10-6-18)15-17(2)3/h17-19H,4-16H2,1-3H3. The Bertz CT molecular complexity index is 381. The van der Waals surface area contributed by atoms with E-state index < -0.39 is 0 Å². The molecule has 0 aromatic heterocycles. The SMILES string of the molecule is CCOCCOCCC(=O)N1CCC(C2CCN(CC(C)C)CC2)C1. The van der Waals surface area contributed by atoms with Crippen LogP contribution in [0.3, 0.4) is 0 Å². The zero-order chi connectivity index (χ0) is 18.1. The number of hydrogen-bond donors (Lipinski definition) is 0. The first-order valence-electron chi connectivity index (χ1n) is 10.3. The number of ether oxygens (including phenoxy) is 2. The average Bonchev–Trinajstić information content (AvgIpc) is 3.08. The van der Waals surface area contributed by atoms with E-state index in [1.807, 2.05) is 6.92 Å². The van der Waals surface area contributed by atoms with Crippen LogP contribution in [-0.4, -0.2) is 74.9 Å². The number of nitrogens with zero attached hydrogens (tertiary/aromatic N) is 2. The Balaban J connectivity index is 1.60. The Labute approximate surface area is 154 Å². The van der Waals surface area contributed by atoms with Gasteiger partial charge >= 0.3 is 0 Å². The predicted octanol–water partition coefficient (Wildman–Crippen LogP) is 2.65. The van der Waals surface area contributed by atoms with Gasteiger partial charge in [-0.2, -0.15) is 0 Å². The summed E-state index contributed by atoms with van der Waals surface area (Å²) in [7, 11) is 0. The van der Waals surface area contributed by atoms with Gasteiger partial charge in [-0.05, 0) is 57.0 Å². The molecule has 5 nitrogen and oxygen atoms in total. The molecule has 0 spiro atoms. The molecule has 2 aliphatic heterocycles. The summed E-state index contributed by atoms with van der Waals surface area (Å²) >= 11 is 0. The monoisotopic (exact) mass is 354 g/mol. The molecule has 2 heterocycles. The number of hydrogen-bond acceptors (Lipinski definition) is 4. The molecule has 2 aliphatic rings. The van der Waals surface area contributed by atoms with E-state index in [0.29, 0.717) is 38.8 Å². The highest BCUT2D eigenvalue weighted by Gasteiger charge is 2.33. The van der Waals surface area contributed by atoms with E-state index in [0.717, 1.165) is 24.9 Å². The van der Waals surface area contributed by atoms with Crippen LogP contribution in [-0.2, 0) is 14.3 Å². The third kappa shape index (κ3) is 7.24. The third-order valence-electron chi connectivity index (χ3n) is 5.54. The minimum atomic E-state index is 0.260. The van der Waals surface area contributed by atoms with Crippen molar-refractivity contribution in [3.05, 3.63) is 0 Å². The molecular weight excluding hydrogens is 316 g/mol. The van der Waals surface area contributed by atoms with Crippen LogP contribution in [0.2, 0.25) is 0 Å². The highest BCUT2D eigenvalue weighted by molar-refractivity contribution is 5.76. The molecule has 1 atom stereocenters. The molecule has 1 unspecified atom stereocenters. The van der Waals surface area contributed by atoms with Crippen LogP contribution in [0.15, 0.2) is 0 Å². The van der Waals surface area contributed by atoms with Crippen molar-refractivity contribution in [3.63, 3.8) is 0 Å². The van der Waals surface area contributed by atoms with Crippen molar-refractivity contribution in [1.29, 1.82) is 0 Å². The lowest BCUT2D eigenvalue weighted by molar-refractivity contribution is -0.131. The number of likely N-dealkylation sites (tertiary alicyclic amines) is 2. The Morgan fingerprint density at radius 2 is 1.68 bits per heavy atom. The Kier molecular flexibility index (Phi) is 9.21. The van der Waals surface area contributed by atoms with Crippen molar-refractivity contribution >= 4 is 5.91 Å². The van der Waals surface area contributed by atoms with Gasteiger partial charge in [-0.1, -0.05) is 13.8 Å². The molecule has 2 rings (SSSR count). The van der Waals surface area contributed by atoms with Gasteiger partial charge in [0.25, 0.3) is 0 Å². The number of rotatable bonds is 10. The van der Waals surface area contributed by atoms with E-state index in [4.69, 9.17) is 9.47 Å². The Morgan fingerprint density at radius 3 is 2.36 bits per heavy atom. The molecule has 0 aliphatic carbocycles. The summed E-state index contributed by atoms with van der Waals surface area (Å²) in [5.41, 5.74) is 0. The average molecular weight is 355 g/mol. The van der Waals surface area contributed by atoms with Crippen LogP contribution >= 0.6 is 0 Å². The summed E-state index contributed by atoms with van der Waals surface area (Å²) in [4.78, 5) is 17.0. The molecule has 146 valence electrons. The lowest BCUT2D eigenvalue weighted by Gasteiger charge is -2.35. The zero-order valence-electron chi connectivity index (χ0n) is 16.5. The molecule has 2 fully saturated rings. The van der Waals surface area contributed by atoms with Gasteiger partial charge in [0, 0.05) is 26.2 Å². The summed E-state index contributed by atoms with van der Waals surface area (Å²) in [5.74, 6) is 2.54. The first kappa shape index (κ1) is 20.7. The predicted molar refractivity (Wildman–Crippen MR) is 101 cm³/mol. The maximum Gasteiger partial charge on any atom is 0.224 e. The van der Waals surface area contributed by atoms with Gasteiger partial charge in [0.15, 0.2) is 0 Å². The van der Waals surface area contributed by atoms with Gasteiger partial charge in [-0.25, -0.2) is 0 Å². The summed E-state index contributed by atoms with van der Waals surface area (Å²) in [5, 5.41) is 0. The first-order valence-corrected chi connectivity index (χ1v) is 10.3. The molecule has 0 saturated carbocycles. The number of carbonyl (C=O) groups excluding carboxylic acids is 1. The van der Waals surface area contributed by atoms with Crippen LogP contribution in [0.25, 0.3) is 0 Å². The number of piperidine rings is 1. The topological polar surface area (TPSA) is 42.0 Å². The second-order valence-electron chi connectivity index (χ2n) is 7.98. The molecule has 1 amide bonds. The van der Waals surface area contributed by atoms with Crippen LogP contribution in [0.1, 0.15) is 46.5 Å². The zero-order valence-corrected chi connectivity index (χ0v) is 16.5. The Morgan fingerprint density at radius 1 is 1.00 bits per heavy atom. The quantitative estimate of drug-likeness (QED) is 0.566. The van der Waals surface area contributed by atoms with E-state index in [2.05, 4.69) is 23.6 Å². The van der Waals surface area contributed by atoms with Gasteiger partial charge in [0.1, 0.15) is 0 Å². The lowest BCUT2D eigenvalue weighted by atomic mass is 9.83. The summed E-state index contributed by atoms with van der Waals surface area (Å²) in [6.45, 7) is 14.6. The van der Waals surface area contributed by atoms with Crippen LogP contribution in [0.4, 0.5) is 0 Å². The second-order valence-corrected chi connectivity index (χ2v) is 7.98. The molecule has 2 saturated heterocycles. The number of amides is 1. The maximum atomic E-state index is 12.3. The molecular formula is C20H38N2O3. The Hall–Kier alpha value is -0.650. The normalized spacial score (nSPS) is 22.9. The van der Waals surface area contributed by atoms with Crippen molar-refractivity contribution in [3.8, 4) is 0 Å². The lowest BCUT2D eigenvalue weighted by Crippen LogP contribution is -2.39. The van der Waals surface area contributed by atoms with E-state index in [9.17, 15) is 4.79 Å². The minimum absolute atomic E-state index is 0.260. The highest BCUT2D eigenvalue weighted by Crippen LogP contribution is 2.32. The van der Waals surface area contributed by atoms with E-state index in [-0.39, 0.29) is 5.91 Å². The first-order chi connectivity index (χ1) is 12.1. The summed E-state index contributed by atoms with van der Waals surface area (Å²) in [6, 6.07) is 0. The molecule has 0 radical (unpaired) electrons. The fraction of sp³-hybridized carbons (Fsp3) is 0.950. The van der Waals surface area contributed by atoms with E-state index >= 15 is 0 Å². The molecule has 0 aromatic carbocycles. The van der Waals surface area contributed by atoms with E-state index in [1.54, 1.807) is 0 Å². The summed E-state index contributed by atoms with van der Waals surface area (Å²) in [6.07, 6.45) is 4.30. The molecule has 0 aromatic rings. The van der Waals surface area contributed by atoms with Gasteiger partial charge in [-0.3, -0.25) is 4.79 Å². The van der Waals surface area contributed by atoms with E-state index in [1.165, 1.54) is 38.9 Å². The van der Waals surface area contributed by atoms with Crippen LogP contribution in [0.5, 0.6) is 0 Å². The molecule has 25 heavy (non-hydrogen) atoms. The van der Waals surface area contributed by atoms with Crippen LogP contribution in [0, 0.1) is 17.8 Å². The highest BCUT2D eigenvalue weighted by atomic mass is 16.5. The van der Waals surface area contributed by atoms with Crippen molar-refractivity contribution in [2.45, 2.75) is 46.5 Å². The van der Waals surface area contributed by atoms with Gasteiger partial charge in [0.2, 0.25) is 5.91 Å². The third-order valence-corrected chi connectivity index (χ3v) is 5.54. The van der Waals surface area contributed by atoms with Crippen molar-refractivity contribution in [2.24, 2.45) is 17.8 Å². The van der Waals surface area contributed by atoms with Crippen molar-refractivity contribution in [1.82, 2.24) is 9.80 Å². The van der Waals surface area contributed by atoms with Gasteiger partial charge in [-0.15, -0.1) is 0 Å². The second kappa shape index (κ2) is 11.1. The molecule has 0 bridgehead atoms.